The molecule has 4 aromatic rings. The largest absolute Gasteiger partial charge is 0.338 e. The molecule has 0 amide bonds. The van der Waals surface area contributed by atoms with E-state index in [0.29, 0.717) is 0 Å². The number of hydrogen-bond donors (Lipinski definition) is 1. The van der Waals surface area contributed by atoms with Crippen molar-refractivity contribution in [2.45, 2.75) is 0 Å². The number of halogens is 1. The highest BCUT2D eigenvalue weighted by atomic mass is 79.9. The van der Waals surface area contributed by atoms with E-state index < -0.39 is 0 Å². The minimum atomic E-state index is 0.886. The number of benzene rings is 2. The van der Waals surface area contributed by atoms with Crippen molar-refractivity contribution >= 4 is 27.0 Å². The summed E-state index contributed by atoms with van der Waals surface area (Å²) in [5.74, 6) is 0.886. The summed E-state index contributed by atoms with van der Waals surface area (Å²) >= 11 is 3.40. The fraction of sp³-hybridized carbons (Fsp3) is 0. The molecule has 0 bridgehead atoms. The van der Waals surface area contributed by atoms with Crippen molar-refractivity contribution in [3.8, 4) is 22.6 Å². The lowest BCUT2D eigenvalue weighted by atomic mass is 10.1. The van der Waals surface area contributed by atoms with Crippen molar-refractivity contribution in [2.24, 2.45) is 0 Å². The van der Waals surface area contributed by atoms with Gasteiger partial charge in [-0.2, -0.15) is 0 Å². The minimum Gasteiger partial charge on any atom is -0.338 e. The van der Waals surface area contributed by atoms with E-state index in [9.17, 15) is 0 Å². The number of nitrogens with one attached hydrogen (secondary N) is 1. The van der Waals surface area contributed by atoms with Crippen LogP contribution in [0.25, 0.3) is 33.7 Å². The van der Waals surface area contributed by atoms with Crippen LogP contribution < -0.4 is 0 Å². The third kappa shape index (κ3) is 2.42. The second-order valence-corrected chi connectivity index (χ2v) is 5.96. The van der Waals surface area contributed by atoms with Gasteiger partial charge in [-0.15, -0.1) is 0 Å². The van der Waals surface area contributed by atoms with Crippen LogP contribution in [0, 0.1) is 0 Å². The van der Waals surface area contributed by atoms with Gasteiger partial charge in [0.25, 0.3) is 0 Å². The van der Waals surface area contributed by atoms with Crippen LogP contribution in [-0.4, -0.2) is 15.0 Å². The van der Waals surface area contributed by atoms with E-state index in [0.717, 1.165) is 38.2 Å². The molecule has 4 heteroatoms. The van der Waals surface area contributed by atoms with Gasteiger partial charge in [-0.1, -0.05) is 36.4 Å². The molecule has 106 valence electrons. The lowest BCUT2D eigenvalue weighted by molar-refractivity contribution is 1.30. The first-order chi connectivity index (χ1) is 10.8. The Balaban J connectivity index is 1.70. The predicted molar refractivity (Wildman–Crippen MR) is 92.5 cm³/mol. The molecule has 0 unspecified atom stereocenters. The zero-order valence-corrected chi connectivity index (χ0v) is 13.2. The fourth-order valence-corrected chi connectivity index (χ4v) is 2.67. The van der Waals surface area contributed by atoms with Crippen LogP contribution in [0.15, 0.2) is 71.3 Å². The average molecular weight is 350 g/mol. The zero-order valence-electron chi connectivity index (χ0n) is 11.6. The van der Waals surface area contributed by atoms with Crippen LogP contribution in [0.3, 0.4) is 0 Å². The van der Waals surface area contributed by atoms with E-state index in [1.807, 2.05) is 42.6 Å². The van der Waals surface area contributed by atoms with Gasteiger partial charge in [0.2, 0.25) is 0 Å². The second-order valence-electron chi connectivity index (χ2n) is 5.04. The Morgan fingerprint density at radius 2 is 1.59 bits per heavy atom. The van der Waals surface area contributed by atoms with Crippen LogP contribution in [0.5, 0.6) is 0 Å². The molecule has 2 aromatic carbocycles. The summed E-state index contributed by atoms with van der Waals surface area (Å²) in [6.45, 7) is 0. The number of fused-ring (bicyclic) bond motifs is 1. The second kappa shape index (κ2) is 5.39. The molecule has 0 atom stereocenters. The summed E-state index contributed by atoms with van der Waals surface area (Å²) in [5, 5.41) is 0. The number of aromatic amines is 1. The molecule has 0 aliphatic carbocycles. The number of para-hydroxylation sites is 2. The van der Waals surface area contributed by atoms with Gasteiger partial charge in [-0.05, 0) is 40.2 Å². The maximum Gasteiger partial charge on any atom is 0.138 e. The molecule has 1 N–H and O–H groups in total. The quantitative estimate of drug-likeness (QED) is 0.549. The maximum atomic E-state index is 4.62. The van der Waals surface area contributed by atoms with E-state index in [-0.39, 0.29) is 0 Å². The van der Waals surface area contributed by atoms with E-state index >= 15 is 0 Å². The third-order valence-electron chi connectivity index (χ3n) is 3.57. The molecule has 2 aromatic heterocycles. The molecule has 0 spiro atoms. The average Bonchev–Trinajstić information content (AvgIpc) is 3.00. The van der Waals surface area contributed by atoms with Gasteiger partial charge >= 0.3 is 0 Å². The molecule has 3 nitrogen and oxygen atoms in total. The van der Waals surface area contributed by atoms with E-state index in [1.165, 1.54) is 0 Å². The number of rotatable bonds is 2. The van der Waals surface area contributed by atoms with Crippen molar-refractivity contribution in [3.05, 3.63) is 71.3 Å². The third-order valence-corrected chi connectivity index (χ3v) is 4.04. The molecule has 0 fully saturated rings. The van der Waals surface area contributed by atoms with Gasteiger partial charge in [0.1, 0.15) is 5.82 Å². The summed E-state index contributed by atoms with van der Waals surface area (Å²) < 4.78 is 0.982. The molecule has 4 rings (SSSR count). The van der Waals surface area contributed by atoms with Gasteiger partial charge < -0.3 is 4.98 Å². The Labute approximate surface area is 136 Å². The summed E-state index contributed by atoms with van der Waals surface area (Å²) in [4.78, 5) is 12.4. The first-order valence-corrected chi connectivity index (χ1v) is 7.76. The van der Waals surface area contributed by atoms with Gasteiger partial charge in [0.15, 0.2) is 0 Å². The van der Waals surface area contributed by atoms with Gasteiger partial charge in [-0.25, -0.2) is 4.98 Å². The first kappa shape index (κ1) is 13.2. The monoisotopic (exact) mass is 349 g/mol. The first-order valence-electron chi connectivity index (χ1n) is 6.97. The summed E-state index contributed by atoms with van der Waals surface area (Å²) in [6, 6.07) is 20.3. The molecule has 0 radical (unpaired) electrons. The summed E-state index contributed by atoms with van der Waals surface area (Å²) in [6.07, 6.45) is 1.81. The number of imidazole rings is 1. The van der Waals surface area contributed by atoms with E-state index in [4.69, 9.17) is 0 Å². The molecule has 0 saturated heterocycles. The van der Waals surface area contributed by atoms with Crippen LogP contribution in [-0.2, 0) is 0 Å². The van der Waals surface area contributed by atoms with Crippen LogP contribution in [0.1, 0.15) is 0 Å². The molecule has 0 saturated carbocycles. The highest BCUT2D eigenvalue weighted by Gasteiger charge is 2.05. The molecule has 0 aliphatic heterocycles. The van der Waals surface area contributed by atoms with Gasteiger partial charge in [0.05, 0.1) is 16.7 Å². The number of pyridine rings is 1. The maximum absolute atomic E-state index is 4.62. The van der Waals surface area contributed by atoms with Crippen molar-refractivity contribution < 1.29 is 0 Å². The number of nitrogens with zero attached hydrogens (tertiary/aromatic N) is 2. The van der Waals surface area contributed by atoms with Gasteiger partial charge in [-0.3, -0.25) is 4.98 Å². The highest BCUT2D eigenvalue weighted by molar-refractivity contribution is 9.10. The zero-order chi connectivity index (χ0) is 14.9. The Morgan fingerprint density at radius 1 is 0.818 bits per heavy atom. The van der Waals surface area contributed by atoms with Crippen LogP contribution >= 0.6 is 15.9 Å². The van der Waals surface area contributed by atoms with Gasteiger partial charge in [0, 0.05) is 21.8 Å². The Bertz CT molecular complexity index is 892. The summed E-state index contributed by atoms with van der Waals surface area (Å²) in [5.41, 5.74) is 5.15. The fourth-order valence-electron chi connectivity index (χ4n) is 2.43. The van der Waals surface area contributed by atoms with Crippen molar-refractivity contribution in [2.75, 3.05) is 0 Å². The van der Waals surface area contributed by atoms with Crippen molar-refractivity contribution in [3.63, 3.8) is 0 Å². The Hall–Kier alpha value is -2.46. The molecule has 22 heavy (non-hydrogen) atoms. The standard InChI is InChI=1S/C18H12BrN3/c19-14-9-10-15(20-11-14)12-5-7-13(8-6-12)18-21-16-3-1-2-4-17(16)22-18/h1-11H,(H,21,22). The lowest BCUT2D eigenvalue weighted by Gasteiger charge is -2.02. The minimum absolute atomic E-state index is 0.886. The van der Waals surface area contributed by atoms with E-state index in [1.54, 1.807) is 0 Å². The highest BCUT2D eigenvalue weighted by Crippen LogP contribution is 2.24. The van der Waals surface area contributed by atoms with Crippen molar-refractivity contribution in [1.29, 1.82) is 0 Å². The molecule has 2 heterocycles. The van der Waals surface area contributed by atoms with Crippen LogP contribution in [0.2, 0.25) is 0 Å². The molecule has 0 aliphatic rings. The SMILES string of the molecule is Brc1ccc(-c2ccc(-c3nc4ccccc4[nH]3)cc2)nc1. The smallest absolute Gasteiger partial charge is 0.138 e. The lowest BCUT2D eigenvalue weighted by Crippen LogP contribution is -1.84. The number of hydrogen-bond acceptors (Lipinski definition) is 2. The molecular formula is C18H12BrN3. The summed E-state index contributed by atoms with van der Waals surface area (Å²) in [7, 11) is 0. The number of aromatic nitrogens is 3. The van der Waals surface area contributed by atoms with Crippen LogP contribution in [0.4, 0.5) is 0 Å². The Kier molecular flexibility index (Phi) is 3.24. The normalized spacial score (nSPS) is 11.0. The van der Waals surface area contributed by atoms with E-state index in [2.05, 4.69) is 55.1 Å². The molecular weight excluding hydrogens is 338 g/mol. The Morgan fingerprint density at radius 3 is 2.32 bits per heavy atom. The predicted octanol–water partition coefficient (Wildman–Crippen LogP) is 5.05. The number of H-pyrrole nitrogens is 1. The topological polar surface area (TPSA) is 41.6 Å². The van der Waals surface area contributed by atoms with Crippen molar-refractivity contribution in [1.82, 2.24) is 15.0 Å².